The van der Waals surface area contributed by atoms with Gasteiger partial charge in [-0.2, -0.15) is 0 Å². The summed E-state index contributed by atoms with van der Waals surface area (Å²) in [5.74, 6) is 0.689. The molecule has 1 atom stereocenters. The highest BCUT2D eigenvalue weighted by Crippen LogP contribution is 2.25. The molecule has 2 aliphatic rings. The monoisotopic (exact) mass is 224 g/mol. The van der Waals surface area contributed by atoms with E-state index in [4.69, 9.17) is 9.47 Å². The van der Waals surface area contributed by atoms with Crippen molar-refractivity contribution in [2.24, 2.45) is 5.92 Å². The molecular weight excluding hydrogens is 200 g/mol. The van der Waals surface area contributed by atoms with Crippen molar-refractivity contribution in [1.82, 2.24) is 0 Å². The average Bonchev–Trinajstić information content (AvgIpc) is 2.38. The van der Waals surface area contributed by atoms with E-state index in [0.717, 1.165) is 26.1 Å². The van der Waals surface area contributed by atoms with Gasteiger partial charge in [-0.25, -0.2) is 0 Å². The highest BCUT2D eigenvalue weighted by Gasteiger charge is 2.21. The third-order valence-electron chi connectivity index (χ3n) is 3.87. The fourth-order valence-electron chi connectivity index (χ4n) is 2.62. The molecule has 0 spiro atoms. The van der Waals surface area contributed by atoms with Crippen molar-refractivity contribution in [1.29, 1.82) is 0 Å². The molecule has 2 rings (SSSR count). The van der Waals surface area contributed by atoms with Crippen LogP contribution in [0.1, 0.15) is 51.9 Å². The lowest BCUT2D eigenvalue weighted by Crippen LogP contribution is -2.26. The van der Waals surface area contributed by atoms with Crippen LogP contribution >= 0.6 is 0 Å². The average molecular weight is 224 g/mol. The lowest BCUT2D eigenvalue weighted by molar-refractivity contribution is 0.00816. The molecule has 0 aromatic rings. The first-order valence-electron chi connectivity index (χ1n) is 6.77. The van der Waals surface area contributed by atoms with Gasteiger partial charge in [-0.05, 0) is 56.9 Å². The molecule has 2 fully saturated rings. The minimum absolute atomic E-state index is 0.360. The zero-order valence-corrected chi connectivity index (χ0v) is 10.4. The topological polar surface area (TPSA) is 18.5 Å². The summed E-state index contributed by atoms with van der Waals surface area (Å²) in [5, 5.41) is 0. The lowest BCUT2D eigenvalue weighted by atomic mass is 9.94. The van der Waals surface area contributed by atoms with Gasteiger partial charge in [0.2, 0.25) is 0 Å². The van der Waals surface area contributed by atoms with Crippen LogP contribution in [0.4, 0.5) is 0 Å². The molecule has 1 unspecified atom stereocenters. The molecule has 0 N–H and O–H groups in total. The molecule has 2 nitrogen and oxygen atoms in total. The summed E-state index contributed by atoms with van der Waals surface area (Å²) in [6.07, 6.45) is 11.3. The first-order chi connectivity index (χ1) is 7.86. The number of allylic oxidation sites excluding steroid dienone is 1. The second-order valence-corrected chi connectivity index (χ2v) is 5.13. The number of hydrogen-bond donors (Lipinski definition) is 0. The largest absolute Gasteiger partial charge is 0.498 e. The standard InChI is InChI=1S/C14H24O2/c1-12(14-7-9-15-10-8-14)16-11-13-5-3-2-4-6-13/h11-12,14H,2-10H2,1H3. The van der Waals surface area contributed by atoms with Crippen molar-refractivity contribution in [2.75, 3.05) is 13.2 Å². The van der Waals surface area contributed by atoms with Crippen molar-refractivity contribution < 1.29 is 9.47 Å². The maximum atomic E-state index is 5.90. The fraction of sp³-hybridized carbons (Fsp3) is 0.857. The van der Waals surface area contributed by atoms with Gasteiger partial charge in [0, 0.05) is 13.2 Å². The van der Waals surface area contributed by atoms with Crippen molar-refractivity contribution in [3.63, 3.8) is 0 Å². The Kier molecular flexibility index (Phi) is 4.70. The predicted octanol–water partition coefficient (Wildman–Crippen LogP) is 3.67. The third-order valence-corrected chi connectivity index (χ3v) is 3.87. The first kappa shape index (κ1) is 12.0. The molecule has 0 radical (unpaired) electrons. The molecule has 0 amide bonds. The second-order valence-electron chi connectivity index (χ2n) is 5.13. The summed E-state index contributed by atoms with van der Waals surface area (Å²) in [4.78, 5) is 0. The van der Waals surface area contributed by atoms with E-state index in [9.17, 15) is 0 Å². The maximum absolute atomic E-state index is 5.90. The Labute approximate surface area is 99.0 Å². The van der Waals surface area contributed by atoms with Crippen molar-refractivity contribution in [2.45, 2.75) is 58.0 Å². The van der Waals surface area contributed by atoms with Crippen LogP contribution < -0.4 is 0 Å². The van der Waals surface area contributed by atoms with Gasteiger partial charge in [0.05, 0.1) is 12.4 Å². The minimum atomic E-state index is 0.360. The second kappa shape index (κ2) is 6.29. The van der Waals surface area contributed by atoms with Crippen LogP contribution in [0, 0.1) is 5.92 Å². The molecule has 1 saturated carbocycles. The normalized spacial score (nSPS) is 25.2. The van der Waals surface area contributed by atoms with Crippen LogP contribution in [0.2, 0.25) is 0 Å². The number of rotatable bonds is 3. The van der Waals surface area contributed by atoms with E-state index in [2.05, 4.69) is 13.2 Å². The van der Waals surface area contributed by atoms with Gasteiger partial charge in [0.25, 0.3) is 0 Å². The Morgan fingerprint density at radius 3 is 2.56 bits per heavy atom. The highest BCUT2D eigenvalue weighted by atomic mass is 16.5. The van der Waals surface area contributed by atoms with Gasteiger partial charge in [-0.1, -0.05) is 6.42 Å². The van der Waals surface area contributed by atoms with Gasteiger partial charge in [0.1, 0.15) is 0 Å². The van der Waals surface area contributed by atoms with E-state index in [1.54, 1.807) is 0 Å². The van der Waals surface area contributed by atoms with Gasteiger partial charge < -0.3 is 9.47 Å². The van der Waals surface area contributed by atoms with Crippen molar-refractivity contribution in [3.05, 3.63) is 11.8 Å². The molecule has 1 saturated heterocycles. The molecule has 1 heterocycles. The molecule has 1 aliphatic heterocycles. The fourth-order valence-corrected chi connectivity index (χ4v) is 2.62. The summed E-state index contributed by atoms with van der Waals surface area (Å²) in [6, 6.07) is 0. The Morgan fingerprint density at radius 1 is 1.19 bits per heavy atom. The van der Waals surface area contributed by atoms with Crippen LogP contribution in [0.25, 0.3) is 0 Å². The number of hydrogen-bond acceptors (Lipinski definition) is 2. The molecule has 0 aromatic carbocycles. The zero-order chi connectivity index (χ0) is 11.2. The van der Waals surface area contributed by atoms with Crippen LogP contribution in [0.5, 0.6) is 0 Å². The summed E-state index contributed by atoms with van der Waals surface area (Å²) in [7, 11) is 0. The Balaban J connectivity index is 1.74. The van der Waals surface area contributed by atoms with Crippen molar-refractivity contribution in [3.8, 4) is 0 Å². The van der Waals surface area contributed by atoms with Gasteiger partial charge in [-0.3, -0.25) is 0 Å². The molecule has 1 aliphatic carbocycles. The molecule has 2 heteroatoms. The summed E-state index contributed by atoms with van der Waals surface area (Å²) < 4.78 is 11.3. The lowest BCUT2D eigenvalue weighted by Gasteiger charge is -2.27. The quantitative estimate of drug-likeness (QED) is 0.681. The molecule has 16 heavy (non-hydrogen) atoms. The van der Waals surface area contributed by atoms with Crippen LogP contribution in [0.15, 0.2) is 11.8 Å². The van der Waals surface area contributed by atoms with Gasteiger partial charge in [-0.15, -0.1) is 0 Å². The van der Waals surface area contributed by atoms with Crippen LogP contribution in [-0.2, 0) is 9.47 Å². The zero-order valence-electron chi connectivity index (χ0n) is 10.4. The molecule has 0 bridgehead atoms. The highest BCUT2D eigenvalue weighted by molar-refractivity contribution is 5.00. The van der Waals surface area contributed by atoms with Crippen molar-refractivity contribution >= 4 is 0 Å². The molecule has 0 aromatic heterocycles. The van der Waals surface area contributed by atoms with E-state index >= 15 is 0 Å². The summed E-state index contributed by atoms with van der Waals surface area (Å²) in [6.45, 7) is 4.03. The summed E-state index contributed by atoms with van der Waals surface area (Å²) in [5.41, 5.74) is 1.52. The third kappa shape index (κ3) is 3.51. The van der Waals surface area contributed by atoms with Gasteiger partial charge >= 0.3 is 0 Å². The minimum Gasteiger partial charge on any atom is -0.498 e. The van der Waals surface area contributed by atoms with Gasteiger partial charge in [0.15, 0.2) is 0 Å². The van der Waals surface area contributed by atoms with E-state index in [0.29, 0.717) is 12.0 Å². The number of ether oxygens (including phenoxy) is 2. The van der Waals surface area contributed by atoms with Crippen LogP contribution in [0.3, 0.4) is 0 Å². The predicted molar refractivity (Wildman–Crippen MR) is 65.3 cm³/mol. The Hall–Kier alpha value is -0.500. The Bertz CT molecular complexity index is 221. The Morgan fingerprint density at radius 2 is 1.88 bits per heavy atom. The SMILES string of the molecule is CC(OC=C1CCCCC1)C1CCOCC1. The smallest absolute Gasteiger partial charge is 0.0980 e. The molecular formula is C14H24O2. The first-order valence-corrected chi connectivity index (χ1v) is 6.77. The van der Waals surface area contributed by atoms with E-state index in [1.165, 1.54) is 37.7 Å². The van der Waals surface area contributed by atoms with E-state index in [-0.39, 0.29) is 0 Å². The van der Waals surface area contributed by atoms with Crippen LogP contribution in [-0.4, -0.2) is 19.3 Å². The van der Waals surface area contributed by atoms with E-state index < -0.39 is 0 Å². The van der Waals surface area contributed by atoms with E-state index in [1.807, 2.05) is 0 Å². The summed E-state index contributed by atoms with van der Waals surface area (Å²) >= 11 is 0. The maximum Gasteiger partial charge on any atom is 0.0980 e. The molecule has 92 valence electrons.